The number of carbonyl (C=O) groups excluding carboxylic acids is 2. The molecule has 0 fully saturated rings. The molecule has 0 saturated heterocycles. The minimum atomic E-state index is -0.723. The molecule has 3 aromatic heterocycles. The predicted molar refractivity (Wildman–Crippen MR) is 135 cm³/mol. The number of nitrogens with one attached hydrogen (secondary N) is 2. The molecule has 4 rings (SSSR count). The topological polar surface area (TPSA) is 188 Å². The Balaban J connectivity index is 1.38. The Morgan fingerprint density at radius 3 is 2.71 bits per heavy atom. The standard InChI is InChI=1S/C19H16N8O4S4/c20-10-6-11(28)24-17(22-10)33-8-13-25-26-18(31-13)34-7-12(29)23-16-14(15(21)30)27(19(32)35-16)9-4-2-1-3-5-9/h1-6H,7-8H2,(H2,21,30)(H,23,29)(H3,20,22,24,28). The van der Waals surface area contributed by atoms with E-state index in [0.717, 1.165) is 34.9 Å². The Bertz CT molecular complexity index is 1490. The highest BCUT2D eigenvalue weighted by atomic mass is 32.2. The van der Waals surface area contributed by atoms with E-state index in [0.29, 0.717) is 14.8 Å². The van der Waals surface area contributed by atoms with E-state index in [2.05, 4.69) is 25.5 Å². The van der Waals surface area contributed by atoms with Crippen LogP contribution in [0.15, 0.2) is 56.0 Å². The van der Waals surface area contributed by atoms with Gasteiger partial charge in [-0.15, -0.1) is 10.2 Å². The van der Waals surface area contributed by atoms with Crippen LogP contribution in [0.5, 0.6) is 0 Å². The molecule has 12 nitrogen and oxygen atoms in total. The molecule has 0 aliphatic carbocycles. The van der Waals surface area contributed by atoms with Crippen molar-refractivity contribution >= 4 is 69.7 Å². The quantitative estimate of drug-likeness (QED) is 0.137. The number of nitrogen functional groups attached to an aromatic ring is 1. The minimum Gasteiger partial charge on any atom is -0.415 e. The van der Waals surface area contributed by atoms with Crippen molar-refractivity contribution in [1.82, 2.24) is 24.7 Å². The third-order valence-corrected chi connectivity index (χ3v) is 7.12. The highest BCUT2D eigenvalue weighted by Crippen LogP contribution is 2.29. The molecule has 3 heterocycles. The van der Waals surface area contributed by atoms with Crippen LogP contribution in [0.1, 0.15) is 16.4 Å². The van der Waals surface area contributed by atoms with Crippen LogP contribution < -0.4 is 22.3 Å². The molecule has 35 heavy (non-hydrogen) atoms. The summed E-state index contributed by atoms with van der Waals surface area (Å²) in [7, 11) is 0. The Morgan fingerprint density at radius 2 is 2.00 bits per heavy atom. The number of H-pyrrole nitrogens is 1. The van der Waals surface area contributed by atoms with E-state index in [4.69, 9.17) is 28.1 Å². The van der Waals surface area contributed by atoms with Gasteiger partial charge in [-0.1, -0.05) is 53.1 Å². The molecule has 0 bridgehead atoms. The zero-order chi connectivity index (χ0) is 24.9. The zero-order valence-corrected chi connectivity index (χ0v) is 20.9. The number of hydrogen-bond donors (Lipinski definition) is 4. The van der Waals surface area contributed by atoms with Crippen molar-refractivity contribution in [3.8, 4) is 5.69 Å². The molecule has 0 unspecified atom stereocenters. The van der Waals surface area contributed by atoms with Crippen LogP contribution in [0.2, 0.25) is 0 Å². The first-order valence-corrected chi connectivity index (χ1v) is 12.9. The average Bonchev–Trinajstić information content (AvgIpc) is 3.40. The number of nitrogens with zero attached hydrogens (tertiary/aromatic N) is 4. The van der Waals surface area contributed by atoms with E-state index in [1.165, 1.54) is 10.6 Å². The highest BCUT2D eigenvalue weighted by Gasteiger charge is 2.21. The van der Waals surface area contributed by atoms with Crippen molar-refractivity contribution < 1.29 is 14.0 Å². The van der Waals surface area contributed by atoms with Gasteiger partial charge in [0.1, 0.15) is 16.5 Å². The lowest BCUT2D eigenvalue weighted by Gasteiger charge is -2.08. The lowest BCUT2D eigenvalue weighted by Crippen LogP contribution is -2.21. The van der Waals surface area contributed by atoms with Crippen LogP contribution in [0.4, 0.5) is 10.8 Å². The fraction of sp³-hybridized carbons (Fsp3) is 0.105. The third kappa shape index (κ3) is 6.16. The maximum absolute atomic E-state index is 12.5. The number of rotatable bonds is 9. The summed E-state index contributed by atoms with van der Waals surface area (Å²) in [6, 6.07) is 10.2. The van der Waals surface area contributed by atoms with E-state index in [9.17, 15) is 14.4 Å². The summed E-state index contributed by atoms with van der Waals surface area (Å²) in [5.74, 6) is -0.579. The zero-order valence-electron chi connectivity index (χ0n) is 17.6. The number of aromatic amines is 1. The number of thiazole rings is 1. The van der Waals surface area contributed by atoms with Gasteiger partial charge in [-0.2, -0.15) is 0 Å². The largest absolute Gasteiger partial charge is 0.415 e. The summed E-state index contributed by atoms with van der Waals surface area (Å²) in [5.41, 5.74) is 11.5. The van der Waals surface area contributed by atoms with Crippen molar-refractivity contribution in [2.24, 2.45) is 5.73 Å². The summed E-state index contributed by atoms with van der Waals surface area (Å²) in [5, 5.41) is 11.2. The third-order valence-electron chi connectivity index (χ3n) is 4.16. The highest BCUT2D eigenvalue weighted by molar-refractivity contribution is 7.99. The van der Waals surface area contributed by atoms with Crippen molar-refractivity contribution in [1.29, 1.82) is 0 Å². The van der Waals surface area contributed by atoms with Gasteiger partial charge in [0.05, 0.1) is 11.5 Å². The van der Waals surface area contributed by atoms with Gasteiger partial charge in [0.15, 0.2) is 9.11 Å². The maximum atomic E-state index is 12.5. The van der Waals surface area contributed by atoms with E-state index in [-0.39, 0.29) is 44.7 Å². The van der Waals surface area contributed by atoms with Crippen molar-refractivity contribution in [2.75, 3.05) is 16.8 Å². The summed E-state index contributed by atoms with van der Waals surface area (Å²) in [6.07, 6.45) is 0. The molecule has 2 amide bonds. The van der Waals surface area contributed by atoms with Crippen LogP contribution in [0, 0.1) is 3.95 Å². The number of benzene rings is 1. The number of nitrogens with two attached hydrogens (primary N) is 2. The molecule has 4 aromatic rings. The number of aromatic nitrogens is 5. The number of carbonyl (C=O) groups is 2. The van der Waals surface area contributed by atoms with Gasteiger partial charge in [-0.05, 0) is 24.4 Å². The Hall–Kier alpha value is -3.47. The summed E-state index contributed by atoms with van der Waals surface area (Å²) >= 11 is 8.63. The second-order valence-corrected chi connectivity index (χ2v) is 10.2. The van der Waals surface area contributed by atoms with Gasteiger partial charge in [0.25, 0.3) is 16.7 Å². The molecule has 180 valence electrons. The van der Waals surface area contributed by atoms with Gasteiger partial charge < -0.3 is 26.2 Å². The van der Waals surface area contributed by atoms with Crippen LogP contribution in [-0.4, -0.2) is 42.3 Å². The first-order chi connectivity index (χ1) is 16.8. The summed E-state index contributed by atoms with van der Waals surface area (Å²) < 4.78 is 7.39. The normalized spacial score (nSPS) is 10.9. The number of amides is 2. The van der Waals surface area contributed by atoms with Gasteiger partial charge in [0.2, 0.25) is 11.8 Å². The Kier molecular flexibility index (Phi) is 7.64. The van der Waals surface area contributed by atoms with Crippen LogP contribution >= 0.6 is 47.1 Å². The first kappa shape index (κ1) is 24.6. The molecular weight excluding hydrogens is 533 g/mol. The molecule has 0 aliphatic rings. The monoisotopic (exact) mass is 548 g/mol. The second kappa shape index (κ2) is 10.9. The summed E-state index contributed by atoms with van der Waals surface area (Å²) in [4.78, 5) is 42.6. The second-order valence-electron chi connectivity index (χ2n) is 6.64. The first-order valence-electron chi connectivity index (χ1n) is 9.66. The molecule has 0 atom stereocenters. The maximum Gasteiger partial charge on any atom is 0.277 e. The van der Waals surface area contributed by atoms with E-state index in [1.807, 2.05) is 6.07 Å². The number of primary amides is 1. The van der Waals surface area contributed by atoms with Gasteiger partial charge in [-0.3, -0.25) is 19.0 Å². The van der Waals surface area contributed by atoms with E-state index >= 15 is 0 Å². The van der Waals surface area contributed by atoms with Gasteiger partial charge in [0, 0.05) is 11.8 Å². The minimum absolute atomic E-state index is 0.0624. The SMILES string of the molecule is NC(=O)c1c(NC(=O)CSc2nnc(CSc3nc(N)cc(=O)[nH]3)o2)sc(=S)n1-c1ccccc1. The molecule has 6 N–H and O–H groups in total. The number of hydrogen-bond acceptors (Lipinski definition) is 12. The van der Waals surface area contributed by atoms with Crippen molar-refractivity contribution in [3.63, 3.8) is 0 Å². The predicted octanol–water partition coefficient (Wildman–Crippen LogP) is 2.44. The molecule has 0 aliphatic heterocycles. The number of thioether (sulfide) groups is 2. The molecular formula is C19H16N8O4S4. The summed E-state index contributed by atoms with van der Waals surface area (Å²) in [6.45, 7) is 0. The number of para-hydroxylation sites is 1. The van der Waals surface area contributed by atoms with Crippen LogP contribution in [0.3, 0.4) is 0 Å². The molecule has 16 heteroatoms. The smallest absolute Gasteiger partial charge is 0.277 e. The number of anilines is 2. The van der Waals surface area contributed by atoms with Crippen LogP contribution in [0.25, 0.3) is 5.69 Å². The molecule has 1 aromatic carbocycles. The fourth-order valence-corrected chi connectivity index (χ4v) is 5.45. The molecule has 0 spiro atoms. The lowest BCUT2D eigenvalue weighted by molar-refractivity contribution is -0.113. The average molecular weight is 549 g/mol. The van der Waals surface area contributed by atoms with Crippen molar-refractivity contribution in [2.45, 2.75) is 16.1 Å². The van der Waals surface area contributed by atoms with Crippen molar-refractivity contribution in [3.05, 3.63) is 62.3 Å². The Labute approximate surface area is 214 Å². The Morgan fingerprint density at radius 1 is 1.23 bits per heavy atom. The van der Waals surface area contributed by atoms with E-state index < -0.39 is 11.8 Å². The molecule has 0 saturated carbocycles. The molecule has 0 radical (unpaired) electrons. The van der Waals surface area contributed by atoms with E-state index in [1.54, 1.807) is 24.3 Å². The van der Waals surface area contributed by atoms with Crippen LogP contribution in [-0.2, 0) is 10.5 Å². The fourth-order valence-electron chi connectivity index (χ4n) is 2.79. The van der Waals surface area contributed by atoms with Gasteiger partial charge >= 0.3 is 0 Å². The van der Waals surface area contributed by atoms with Gasteiger partial charge in [-0.25, -0.2) is 4.98 Å². The lowest BCUT2D eigenvalue weighted by atomic mass is 10.3.